The number of anilines is 1. The van der Waals surface area contributed by atoms with Crippen molar-refractivity contribution in [3.63, 3.8) is 0 Å². The summed E-state index contributed by atoms with van der Waals surface area (Å²) in [6.45, 7) is 3.39. The highest BCUT2D eigenvalue weighted by atomic mass is 32.2. The molecule has 3 aromatic rings. The van der Waals surface area contributed by atoms with E-state index in [-0.39, 0.29) is 36.3 Å². The second-order valence-corrected chi connectivity index (χ2v) is 11.3. The van der Waals surface area contributed by atoms with Gasteiger partial charge in [0.05, 0.1) is 13.2 Å². The van der Waals surface area contributed by atoms with E-state index in [9.17, 15) is 22.7 Å². The number of hydrogen-bond acceptors (Lipinski definition) is 6. The Balaban J connectivity index is 1.67. The zero-order valence-electron chi connectivity index (χ0n) is 21.4. The van der Waals surface area contributed by atoms with Crippen molar-refractivity contribution in [2.45, 2.75) is 30.9 Å². The number of fused-ring (bicyclic) bond motifs is 1. The van der Waals surface area contributed by atoms with Gasteiger partial charge in [-0.3, -0.25) is 4.98 Å². The number of rotatable bonds is 6. The molecule has 2 N–H and O–H groups in total. The molecule has 0 bridgehead atoms. The van der Waals surface area contributed by atoms with E-state index < -0.39 is 34.0 Å². The van der Waals surface area contributed by atoms with Crippen molar-refractivity contribution in [3.05, 3.63) is 72.8 Å². The molecule has 0 radical (unpaired) electrons. The van der Waals surface area contributed by atoms with Crippen LogP contribution in [0, 0.1) is 11.7 Å². The van der Waals surface area contributed by atoms with Crippen LogP contribution in [-0.4, -0.2) is 72.6 Å². The van der Waals surface area contributed by atoms with E-state index in [1.807, 2.05) is 19.1 Å². The van der Waals surface area contributed by atoms with Crippen LogP contribution in [0.2, 0.25) is 0 Å². The van der Waals surface area contributed by atoms with Gasteiger partial charge in [0.2, 0.25) is 10.0 Å². The van der Waals surface area contributed by atoms with Gasteiger partial charge < -0.3 is 20.1 Å². The fraction of sp³-hybridized carbons (Fsp3) is 0.333. The topological polar surface area (TPSA) is 112 Å². The average molecular weight is 543 g/mol. The van der Waals surface area contributed by atoms with Gasteiger partial charge >= 0.3 is 6.03 Å². The van der Waals surface area contributed by atoms with Crippen molar-refractivity contribution in [1.29, 1.82) is 0 Å². The van der Waals surface area contributed by atoms with E-state index >= 15 is 0 Å². The van der Waals surface area contributed by atoms with Crippen LogP contribution in [0.15, 0.2) is 71.9 Å². The Morgan fingerprint density at radius 1 is 1.18 bits per heavy atom. The van der Waals surface area contributed by atoms with Gasteiger partial charge in [0, 0.05) is 43.6 Å². The molecule has 0 saturated heterocycles. The average Bonchev–Trinajstić information content (AvgIpc) is 2.91. The minimum atomic E-state index is -3.99. The minimum absolute atomic E-state index is 0.00840. The summed E-state index contributed by atoms with van der Waals surface area (Å²) in [5.74, 6) is -0.578. The molecular formula is C27H31FN4O5S. The first-order chi connectivity index (χ1) is 18.1. The van der Waals surface area contributed by atoms with E-state index in [0.717, 1.165) is 11.1 Å². The molecule has 2 heterocycles. The highest BCUT2D eigenvalue weighted by molar-refractivity contribution is 7.89. The Hall–Kier alpha value is -3.54. The van der Waals surface area contributed by atoms with E-state index in [0.29, 0.717) is 5.69 Å². The standard InChI is InChI=1S/C27H31FN4O5S/c1-18-15-32(19(2)17-33)38(35,36)26-9-4-21(20-10-12-29-13-11-20)14-24(26)37-25(18)16-31(3)27(34)30-23-7-5-22(28)6-8-23/h4-14,18-19,25,33H,15-17H2,1-3H3,(H,30,34)/t18-,19+,25+/m1/s1. The van der Waals surface area contributed by atoms with Gasteiger partial charge in [0.1, 0.15) is 22.6 Å². The molecule has 202 valence electrons. The largest absolute Gasteiger partial charge is 0.487 e. The lowest BCUT2D eigenvalue weighted by atomic mass is 10.0. The second kappa shape index (κ2) is 11.5. The number of nitrogens with one attached hydrogen (secondary N) is 1. The summed E-state index contributed by atoms with van der Waals surface area (Å²) in [5, 5.41) is 12.5. The number of urea groups is 1. The van der Waals surface area contributed by atoms with Gasteiger partial charge in [-0.15, -0.1) is 0 Å². The molecule has 1 aromatic heterocycles. The fourth-order valence-electron chi connectivity index (χ4n) is 4.27. The minimum Gasteiger partial charge on any atom is -0.487 e. The first-order valence-corrected chi connectivity index (χ1v) is 13.7. The number of carbonyl (C=O) groups is 1. The second-order valence-electron chi connectivity index (χ2n) is 9.45. The highest BCUT2D eigenvalue weighted by Crippen LogP contribution is 2.36. The quantitative estimate of drug-likeness (QED) is 0.490. The monoisotopic (exact) mass is 542 g/mol. The molecule has 9 nitrogen and oxygen atoms in total. The molecule has 1 aliphatic rings. The fourth-order valence-corrected chi connectivity index (χ4v) is 6.10. The number of carbonyl (C=O) groups excluding carboxylic acids is 1. The Kier molecular flexibility index (Phi) is 8.29. The van der Waals surface area contributed by atoms with Gasteiger partial charge in [0.25, 0.3) is 0 Å². The number of amides is 2. The first-order valence-electron chi connectivity index (χ1n) is 12.2. The molecule has 1 aliphatic heterocycles. The van der Waals surface area contributed by atoms with Crippen molar-refractivity contribution in [3.8, 4) is 16.9 Å². The molecule has 11 heteroatoms. The number of aromatic nitrogens is 1. The molecule has 0 spiro atoms. The number of aliphatic hydroxyl groups excluding tert-OH is 1. The Morgan fingerprint density at radius 3 is 2.53 bits per heavy atom. The van der Waals surface area contributed by atoms with E-state index in [1.54, 1.807) is 38.5 Å². The number of halogens is 1. The van der Waals surface area contributed by atoms with Crippen molar-refractivity contribution in [2.24, 2.45) is 5.92 Å². The third-order valence-corrected chi connectivity index (χ3v) is 8.60. The summed E-state index contributed by atoms with van der Waals surface area (Å²) < 4.78 is 48.2. The van der Waals surface area contributed by atoms with Crippen molar-refractivity contribution in [2.75, 3.05) is 32.1 Å². The predicted octanol–water partition coefficient (Wildman–Crippen LogP) is 3.82. The lowest BCUT2D eigenvalue weighted by Gasteiger charge is -2.37. The third-order valence-electron chi connectivity index (χ3n) is 6.58. The maximum atomic E-state index is 13.7. The predicted molar refractivity (Wildman–Crippen MR) is 142 cm³/mol. The smallest absolute Gasteiger partial charge is 0.321 e. The molecule has 2 amide bonds. The zero-order chi connectivity index (χ0) is 27.4. The van der Waals surface area contributed by atoms with Crippen LogP contribution < -0.4 is 10.1 Å². The molecule has 0 unspecified atom stereocenters. The van der Waals surface area contributed by atoms with Crippen LogP contribution in [-0.2, 0) is 10.0 Å². The Labute approximate surface area is 221 Å². The zero-order valence-corrected chi connectivity index (χ0v) is 22.2. The number of likely N-dealkylation sites (N-methyl/N-ethyl adjacent to an activating group) is 1. The van der Waals surface area contributed by atoms with Gasteiger partial charge in [0.15, 0.2) is 0 Å². The summed E-state index contributed by atoms with van der Waals surface area (Å²) in [6.07, 6.45) is 2.72. The van der Waals surface area contributed by atoms with Gasteiger partial charge in [-0.2, -0.15) is 4.31 Å². The Morgan fingerprint density at radius 2 is 1.87 bits per heavy atom. The SMILES string of the molecule is C[C@@H]1CN([C@@H](C)CO)S(=O)(=O)c2ccc(-c3ccncc3)cc2O[C@H]1CN(C)C(=O)Nc1ccc(F)cc1. The normalized spacial score (nSPS) is 19.8. The summed E-state index contributed by atoms with van der Waals surface area (Å²) in [7, 11) is -2.38. The summed E-state index contributed by atoms with van der Waals surface area (Å²) >= 11 is 0. The molecule has 4 rings (SSSR count). The Bertz CT molecular complexity index is 1370. The van der Waals surface area contributed by atoms with Crippen molar-refractivity contribution < 1.29 is 27.4 Å². The van der Waals surface area contributed by atoms with Gasteiger partial charge in [-0.1, -0.05) is 13.0 Å². The van der Waals surface area contributed by atoms with Crippen LogP contribution in [0.3, 0.4) is 0 Å². The van der Waals surface area contributed by atoms with Crippen LogP contribution in [0.4, 0.5) is 14.9 Å². The molecule has 3 atom stereocenters. The lowest BCUT2D eigenvalue weighted by molar-refractivity contribution is 0.0830. The summed E-state index contributed by atoms with van der Waals surface area (Å²) in [4.78, 5) is 18.3. The maximum Gasteiger partial charge on any atom is 0.321 e. The lowest BCUT2D eigenvalue weighted by Crippen LogP contribution is -2.50. The number of pyridine rings is 1. The number of hydrogen-bond donors (Lipinski definition) is 2. The van der Waals surface area contributed by atoms with E-state index in [2.05, 4.69) is 10.3 Å². The number of benzene rings is 2. The molecule has 0 aliphatic carbocycles. The summed E-state index contributed by atoms with van der Waals surface area (Å²) in [5.41, 5.74) is 2.03. The number of ether oxygens (including phenoxy) is 1. The van der Waals surface area contributed by atoms with Crippen LogP contribution in [0.5, 0.6) is 5.75 Å². The number of sulfonamides is 1. The van der Waals surface area contributed by atoms with Crippen molar-refractivity contribution in [1.82, 2.24) is 14.2 Å². The van der Waals surface area contributed by atoms with E-state index in [1.165, 1.54) is 39.5 Å². The first kappa shape index (κ1) is 27.5. The van der Waals surface area contributed by atoms with Crippen LogP contribution >= 0.6 is 0 Å². The van der Waals surface area contributed by atoms with Crippen LogP contribution in [0.1, 0.15) is 13.8 Å². The maximum absolute atomic E-state index is 13.7. The molecular weight excluding hydrogens is 511 g/mol. The van der Waals surface area contributed by atoms with Gasteiger partial charge in [-0.25, -0.2) is 17.6 Å². The van der Waals surface area contributed by atoms with Gasteiger partial charge in [-0.05, 0) is 66.6 Å². The van der Waals surface area contributed by atoms with Crippen LogP contribution in [0.25, 0.3) is 11.1 Å². The van der Waals surface area contributed by atoms with E-state index in [4.69, 9.17) is 4.74 Å². The molecule has 0 fully saturated rings. The molecule has 0 saturated carbocycles. The third kappa shape index (κ3) is 5.95. The molecule has 2 aromatic carbocycles. The molecule has 38 heavy (non-hydrogen) atoms. The number of aliphatic hydroxyl groups is 1. The number of nitrogens with zero attached hydrogens (tertiary/aromatic N) is 3. The highest BCUT2D eigenvalue weighted by Gasteiger charge is 2.38. The van der Waals surface area contributed by atoms with Crippen molar-refractivity contribution >= 4 is 21.7 Å². The summed E-state index contributed by atoms with van der Waals surface area (Å²) in [6, 6.07) is 12.9.